The number of aromatic nitrogens is 1. The Morgan fingerprint density at radius 1 is 1.00 bits per heavy atom. The lowest BCUT2D eigenvalue weighted by molar-refractivity contribution is -0.120. The Kier molecular flexibility index (Phi) is 5.95. The van der Waals surface area contributed by atoms with Crippen molar-refractivity contribution in [2.24, 2.45) is 5.92 Å². The van der Waals surface area contributed by atoms with Gasteiger partial charge in [-0.2, -0.15) is 0 Å². The van der Waals surface area contributed by atoms with Gasteiger partial charge in [-0.1, -0.05) is 13.8 Å². The second kappa shape index (κ2) is 8.17. The van der Waals surface area contributed by atoms with E-state index in [1.807, 2.05) is 50.2 Å². The van der Waals surface area contributed by atoms with Crippen LogP contribution < -0.4 is 10.6 Å². The van der Waals surface area contributed by atoms with Gasteiger partial charge in [0.1, 0.15) is 0 Å². The molecule has 0 saturated heterocycles. The molecule has 1 aromatic carbocycles. The Labute approximate surface area is 132 Å². The van der Waals surface area contributed by atoms with Crippen LogP contribution in [0.4, 0.5) is 11.4 Å². The zero-order valence-corrected chi connectivity index (χ0v) is 13.2. The summed E-state index contributed by atoms with van der Waals surface area (Å²) in [6.45, 7) is 4.84. The monoisotopic (exact) mass is 297 g/mol. The van der Waals surface area contributed by atoms with Crippen LogP contribution >= 0.6 is 0 Å². The molecule has 0 aliphatic rings. The van der Waals surface area contributed by atoms with Crippen LogP contribution in [0, 0.1) is 5.92 Å². The van der Waals surface area contributed by atoms with Gasteiger partial charge in [0.2, 0.25) is 5.91 Å². The van der Waals surface area contributed by atoms with Crippen molar-refractivity contribution in [1.82, 2.24) is 4.98 Å². The van der Waals surface area contributed by atoms with E-state index in [2.05, 4.69) is 15.6 Å². The summed E-state index contributed by atoms with van der Waals surface area (Å²) >= 11 is 0. The van der Waals surface area contributed by atoms with Gasteiger partial charge in [0.15, 0.2) is 0 Å². The van der Waals surface area contributed by atoms with E-state index in [1.54, 1.807) is 12.4 Å². The van der Waals surface area contributed by atoms with E-state index < -0.39 is 0 Å². The van der Waals surface area contributed by atoms with Gasteiger partial charge >= 0.3 is 0 Å². The maximum Gasteiger partial charge on any atom is 0.227 e. The van der Waals surface area contributed by atoms with Crippen LogP contribution in [-0.4, -0.2) is 10.9 Å². The number of rotatable bonds is 7. The van der Waals surface area contributed by atoms with E-state index >= 15 is 0 Å². The number of hydrogen-bond acceptors (Lipinski definition) is 3. The Morgan fingerprint density at radius 3 is 2.18 bits per heavy atom. The smallest absolute Gasteiger partial charge is 0.227 e. The van der Waals surface area contributed by atoms with E-state index in [9.17, 15) is 4.79 Å². The lowest BCUT2D eigenvalue weighted by atomic mass is 10.0. The Morgan fingerprint density at radius 2 is 1.59 bits per heavy atom. The number of anilines is 2. The van der Waals surface area contributed by atoms with Crippen molar-refractivity contribution in [1.29, 1.82) is 0 Å². The summed E-state index contributed by atoms with van der Waals surface area (Å²) in [5.74, 6) is 0.187. The van der Waals surface area contributed by atoms with Crippen LogP contribution in [0.15, 0.2) is 48.8 Å². The van der Waals surface area contributed by atoms with Crippen molar-refractivity contribution in [3.8, 4) is 0 Å². The third-order valence-electron chi connectivity index (χ3n) is 3.75. The number of carbonyl (C=O) groups excluding carboxylic acids is 1. The first-order valence-electron chi connectivity index (χ1n) is 7.76. The highest BCUT2D eigenvalue weighted by Gasteiger charge is 2.13. The minimum atomic E-state index is 0.0875. The first-order valence-corrected chi connectivity index (χ1v) is 7.76. The molecule has 0 atom stereocenters. The van der Waals surface area contributed by atoms with Crippen molar-refractivity contribution in [3.63, 3.8) is 0 Å². The highest BCUT2D eigenvalue weighted by atomic mass is 16.1. The van der Waals surface area contributed by atoms with Crippen molar-refractivity contribution in [3.05, 3.63) is 54.4 Å². The zero-order chi connectivity index (χ0) is 15.8. The van der Waals surface area contributed by atoms with E-state index in [0.29, 0.717) is 0 Å². The molecule has 22 heavy (non-hydrogen) atoms. The maximum atomic E-state index is 12.0. The summed E-state index contributed by atoms with van der Waals surface area (Å²) in [6.07, 6.45) is 5.31. The molecule has 0 aliphatic carbocycles. The number of carbonyl (C=O) groups is 1. The maximum absolute atomic E-state index is 12.0. The van der Waals surface area contributed by atoms with Crippen molar-refractivity contribution in [2.75, 3.05) is 10.6 Å². The third-order valence-corrected chi connectivity index (χ3v) is 3.75. The van der Waals surface area contributed by atoms with Gasteiger partial charge in [-0.3, -0.25) is 9.78 Å². The SMILES string of the molecule is CCC(CC)C(=O)Nc1ccc(NCc2ccncc2)cc1. The topological polar surface area (TPSA) is 54.0 Å². The number of nitrogens with zero attached hydrogens (tertiary/aromatic N) is 1. The van der Waals surface area contributed by atoms with Crippen LogP contribution in [0.3, 0.4) is 0 Å². The van der Waals surface area contributed by atoms with Gasteiger partial charge in [-0.15, -0.1) is 0 Å². The molecule has 0 spiro atoms. The van der Waals surface area contributed by atoms with Crippen LogP contribution in [0.5, 0.6) is 0 Å². The molecule has 0 saturated carbocycles. The molecule has 2 N–H and O–H groups in total. The van der Waals surface area contributed by atoms with Crippen LogP contribution in [0.2, 0.25) is 0 Å². The highest BCUT2D eigenvalue weighted by Crippen LogP contribution is 2.17. The predicted octanol–water partition coefficient (Wildman–Crippen LogP) is 4.07. The van der Waals surface area contributed by atoms with Gasteiger partial charge < -0.3 is 10.6 Å². The molecular formula is C18H23N3O. The fourth-order valence-electron chi connectivity index (χ4n) is 2.28. The summed E-state index contributed by atoms with van der Waals surface area (Å²) in [5, 5.41) is 6.32. The van der Waals surface area contributed by atoms with Crippen molar-refractivity contribution >= 4 is 17.3 Å². The van der Waals surface area contributed by atoms with Crippen molar-refractivity contribution in [2.45, 2.75) is 33.2 Å². The van der Waals surface area contributed by atoms with Gasteiger partial charge in [-0.05, 0) is 54.8 Å². The number of amides is 1. The summed E-state index contributed by atoms with van der Waals surface area (Å²) in [5.41, 5.74) is 3.05. The number of benzene rings is 1. The number of hydrogen-bond donors (Lipinski definition) is 2. The van der Waals surface area contributed by atoms with E-state index in [0.717, 1.165) is 30.8 Å². The van der Waals surface area contributed by atoms with Gasteiger partial charge in [0.25, 0.3) is 0 Å². The standard InChI is InChI=1S/C18H23N3O/c1-3-15(4-2)18(22)21-17-7-5-16(6-8-17)20-13-14-9-11-19-12-10-14/h5-12,15,20H,3-4,13H2,1-2H3,(H,21,22). The lowest BCUT2D eigenvalue weighted by Crippen LogP contribution is -2.21. The summed E-state index contributed by atoms with van der Waals surface area (Å²) < 4.78 is 0. The summed E-state index contributed by atoms with van der Waals surface area (Å²) in [4.78, 5) is 16.0. The van der Waals surface area contributed by atoms with Crippen LogP contribution in [0.25, 0.3) is 0 Å². The molecule has 0 unspecified atom stereocenters. The lowest BCUT2D eigenvalue weighted by Gasteiger charge is -2.13. The Balaban J connectivity index is 1.89. The number of pyridine rings is 1. The first-order chi connectivity index (χ1) is 10.7. The predicted molar refractivity (Wildman–Crippen MR) is 90.7 cm³/mol. The van der Waals surface area contributed by atoms with E-state index in [1.165, 1.54) is 5.56 Å². The molecule has 116 valence electrons. The zero-order valence-electron chi connectivity index (χ0n) is 13.2. The quantitative estimate of drug-likeness (QED) is 0.810. The van der Waals surface area contributed by atoms with E-state index in [4.69, 9.17) is 0 Å². The summed E-state index contributed by atoms with van der Waals surface area (Å²) in [6, 6.07) is 11.8. The number of nitrogens with one attached hydrogen (secondary N) is 2. The molecule has 4 heteroatoms. The molecule has 1 amide bonds. The normalized spacial score (nSPS) is 10.5. The molecule has 1 heterocycles. The molecule has 2 rings (SSSR count). The molecule has 0 fully saturated rings. The van der Waals surface area contributed by atoms with Gasteiger partial charge in [0, 0.05) is 36.2 Å². The average Bonchev–Trinajstić information content (AvgIpc) is 2.56. The van der Waals surface area contributed by atoms with Gasteiger partial charge in [-0.25, -0.2) is 0 Å². The molecular weight excluding hydrogens is 274 g/mol. The molecule has 0 bridgehead atoms. The highest BCUT2D eigenvalue weighted by molar-refractivity contribution is 5.92. The van der Waals surface area contributed by atoms with Crippen LogP contribution in [0.1, 0.15) is 32.3 Å². The average molecular weight is 297 g/mol. The van der Waals surface area contributed by atoms with Gasteiger partial charge in [0.05, 0.1) is 0 Å². The molecule has 0 radical (unpaired) electrons. The Hall–Kier alpha value is -2.36. The second-order valence-corrected chi connectivity index (χ2v) is 5.29. The third kappa shape index (κ3) is 4.58. The summed E-state index contributed by atoms with van der Waals surface area (Å²) in [7, 11) is 0. The minimum Gasteiger partial charge on any atom is -0.381 e. The van der Waals surface area contributed by atoms with E-state index in [-0.39, 0.29) is 11.8 Å². The second-order valence-electron chi connectivity index (χ2n) is 5.29. The largest absolute Gasteiger partial charge is 0.381 e. The van der Waals surface area contributed by atoms with Crippen molar-refractivity contribution < 1.29 is 4.79 Å². The fourth-order valence-corrected chi connectivity index (χ4v) is 2.28. The molecule has 2 aromatic rings. The minimum absolute atomic E-state index is 0.0875. The Bertz CT molecular complexity index is 577. The molecule has 0 aliphatic heterocycles. The first kappa shape index (κ1) is 16.0. The fraction of sp³-hybridized carbons (Fsp3) is 0.333. The van der Waals surface area contributed by atoms with Crippen LogP contribution in [-0.2, 0) is 11.3 Å². The molecule has 1 aromatic heterocycles. The molecule has 4 nitrogen and oxygen atoms in total.